The first kappa shape index (κ1) is 9.34. The fourth-order valence-electron chi connectivity index (χ4n) is 0.756. The molecule has 1 unspecified atom stereocenters. The maximum Gasteiger partial charge on any atom is 0.186 e. The Balaban J connectivity index is 2.93. The molecule has 0 aliphatic rings. The van der Waals surface area contributed by atoms with E-state index in [4.69, 9.17) is 14.8 Å². The van der Waals surface area contributed by atoms with Crippen molar-refractivity contribution in [3.05, 3.63) is 29.8 Å². The highest BCUT2D eigenvalue weighted by Crippen LogP contribution is 2.12. The summed E-state index contributed by atoms with van der Waals surface area (Å²) in [6.07, 6.45) is -1.54. The second-order valence-electron chi connectivity index (χ2n) is 2.19. The third-order valence-electron chi connectivity index (χ3n) is 1.38. The van der Waals surface area contributed by atoms with Crippen LogP contribution in [0.3, 0.4) is 0 Å². The minimum atomic E-state index is -2.01. The number of hydrogen-bond acceptors (Lipinski definition) is 3. The molecule has 3 N–H and O–H groups in total. The monoisotopic (exact) mass is 188 g/mol. The minimum absolute atomic E-state index is 0.236. The van der Waals surface area contributed by atoms with Crippen molar-refractivity contribution < 1.29 is 19.0 Å². The van der Waals surface area contributed by atoms with Crippen molar-refractivity contribution in [3.8, 4) is 0 Å². The molecular weight excluding hydrogens is 180 g/mol. The van der Waals surface area contributed by atoms with Gasteiger partial charge in [-0.05, 0) is 12.1 Å². The van der Waals surface area contributed by atoms with Crippen LogP contribution in [-0.4, -0.2) is 19.0 Å². The van der Waals surface area contributed by atoms with Crippen molar-refractivity contribution in [2.45, 2.75) is 11.2 Å². The molecule has 1 rings (SSSR count). The molecule has 0 aromatic heterocycles. The van der Waals surface area contributed by atoms with Crippen LogP contribution in [0.5, 0.6) is 0 Å². The van der Waals surface area contributed by atoms with E-state index < -0.39 is 17.4 Å². The number of aliphatic hydroxyl groups is 2. The zero-order valence-electron chi connectivity index (χ0n) is 6.04. The largest absolute Gasteiger partial charge is 0.364 e. The Kier molecular flexibility index (Phi) is 2.93. The van der Waals surface area contributed by atoms with E-state index in [0.29, 0.717) is 5.56 Å². The van der Waals surface area contributed by atoms with Gasteiger partial charge in [0.05, 0.1) is 4.90 Å². The lowest BCUT2D eigenvalue weighted by molar-refractivity contribution is -0.0425. The van der Waals surface area contributed by atoms with E-state index in [9.17, 15) is 4.21 Å². The van der Waals surface area contributed by atoms with E-state index in [0.717, 1.165) is 0 Å². The Morgan fingerprint density at radius 2 is 1.67 bits per heavy atom. The van der Waals surface area contributed by atoms with Gasteiger partial charge in [-0.2, -0.15) is 0 Å². The number of aliphatic hydroxyl groups excluding tert-OH is 1. The fourth-order valence-corrected chi connectivity index (χ4v) is 1.13. The Labute approximate surface area is 71.8 Å². The summed E-state index contributed by atoms with van der Waals surface area (Å²) < 4.78 is 19.1. The van der Waals surface area contributed by atoms with Crippen LogP contribution in [0.25, 0.3) is 0 Å². The molecule has 12 heavy (non-hydrogen) atoms. The molecule has 0 fully saturated rings. The van der Waals surface area contributed by atoms with Crippen LogP contribution in [0, 0.1) is 0 Å². The van der Waals surface area contributed by atoms with Crippen molar-refractivity contribution in [1.82, 2.24) is 0 Å². The molecule has 1 atom stereocenters. The van der Waals surface area contributed by atoms with E-state index in [-0.39, 0.29) is 4.90 Å². The molecule has 5 heteroatoms. The van der Waals surface area contributed by atoms with Gasteiger partial charge in [-0.3, -0.25) is 0 Å². The molecule has 0 radical (unpaired) electrons. The quantitative estimate of drug-likeness (QED) is 0.459. The van der Waals surface area contributed by atoms with Crippen molar-refractivity contribution in [1.29, 1.82) is 0 Å². The zero-order chi connectivity index (χ0) is 9.14. The third-order valence-corrected chi connectivity index (χ3v) is 2.06. The summed E-state index contributed by atoms with van der Waals surface area (Å²) in [6.45, 7) is 0. The van der Waals surface area contributed by atoms with Gasteiger partial charge in [0.15, 0.2) is 17.4 Å². The second kappa shape index (κ2) is 3.77. The van der Waals surface area contributed by atoms with Gasteiger partial charge in [-0.15, -0.1) is 0 Å². The van der Waals surface area contributed by atoms with Gasteiger partial charge in [-0.1, -0.05) is 12.1 Å². The standard InChI is InChI=1S/C7H8O4S/c8-7(9)5-1-3-6(4-2-5)12(10)11/h1-4,7-9H,(H,10,11). The lowest BCUT2D eigenvalue weighted by Gasteiger charge is -2.02. The summed E-state index contributed by atoms with van der Waals surface area (Å²) in [5.74, 6) is 0. The number of hydrogen-bond donors (Lipinski definition) is 3. The van der Waals surface area contributed by atoms with E-state index in [1.54, 1.807) is 0 Å². The molecule has 0 aliphatic carbocycles. The summed E-state index contributed by atoms with van der Waals surface area (Å²) >= 11 is -2.01. The highest BCUT2D eigenvalue weighted by atomic mass is 32.2. The van der Waals surface area contributed by atoms with E-state index >= 15 is 0 Å². The van der Waals surface area contributed by atoms with Gasteiger partial charge in [0.1, 0.15) is 0 Å². The first-order valence-corrected chi connectivity index (χ1v) is 4.29. The smallest absolute Gasteiger partial charge is 0.186 e. The Hall–Kier alpha value is -0.750. The molecule has 4 nitrogen and oxygen atoms in total. The average molecular weight is 188 g/mol. The molecule has 0 aliphatic heterocycles. The summed E-state index contributed by atoms with van der Waals surface area (Å²) in [4.78, 5) is 0.236. The van der Waals surface area contributed by atoms with Crippen LogP contribution in [0.15, 0.2) is 29.2 Å². The summed E-state index contributed by atoms with van der Waals surface area (Å²) in [6, 6.07) is 5.50. The molecule has 0 amide bonds. The molecule has 1 aromatic rings. The molecule has 0 spiro atoms. The van der Waals surface area contributed by atoms with Gasteiger partial charge < -0.3 is 14.8 Å². The van der Waals surface area contributed by atoms with Crippen molar-refractivity contribution in [2.75, 3.05) is 0 Å². The lowest BCUT2D eigenvalue weighted by atomic mass is 10.2. The van der Waals surface area contributed by atoms with Crippen molar-refractivity contribution >= 4 is 11.1 Å². The third kappa shape index (κ3) is 2.12. The highest BCUT2D eigenvalue weighted by molar-refractivity contribution is 7.79. The van der Waals surface area contributed by atoms with Crippen molar-refractivity contribution in [3.63, 3.8) is 0 Å². The van der Waals surface area contributed by atoms with Crippen LogP contribution in [0.1, 0.15) is 11.9 Å². The maximum atomic E-state index is 10.5. The molecule has 0 heterocycles. The molecule has 0 bridgehead atoms. The summed E-state index contributed by atoms with van der Waals surface area (Å²) in [7, 11) is 0. The number of benzene rings is 1. The van der Waals surface area contributed by atoms with Gasteiger partial charge >= 0.3 is 0 Å². The van der Waals surface area contributed by atoms with Gasteiger partial charge in [0.25, 0.3) is 0 Å². The molecule has 0 saturated heterocycles. The number of rotatable bonds is 2. The lowest BCUT2D eigenvalue weighted by Crippen LogP contribution is -1.95. The van der Waals surface area contributed by atoms with Crippen LogP contribution in [0.4, 0.5) is 0 Å². The predicted molar refractivity (Wildman–Crippen MR) is 42.7 cm³/mol. The zero-order valence-corrected chi connectivity index (χ0v) is 6.86. The van der Waals surface area contributed by atoms with E-state index in [1.165, 1.54) is 24.3 Å². The SMILES string of the molecule is O=S(O)c1ccc(C(O)O)cc1. The highest BCUT2D eigenvalue weighted by Gasteiger charge is 2.03. The van der Waals surface area contributed by atoms with Crippen LogP contribution >= 0.6 is 0 Å². The van der Waals surface area contributed by atoms with E-state index in [1.807, 2.05) is 0 Å². The van der Waals surface area contributed by atoms with Crippen LogP contribution in [-0.2, 0) is 11.1 Å². The normalized spacial score (nSPS) is 13.3. The first-order valence-electron chi connectivity index (χ1n) is 3.18. The second-order valence-corrected chi connectivity index (χ2v) is 3.16. The summed E-state index contributed by atoms with van der Waals surface area (Å²) in [5, 5.41) is 17.3. The van der Waals surface area contributed by atoms with Gasteiger partial charge in [0.2, 0.25) is 0 Å². The molecule has 66 valence electrons. The van der Waals surface area contributed by atoms with Crippen LogP contribution in [0.2, 0.25) is 0 Å². The Bertz CT molecular complexity index is 280. The van der Waals surface area contributed by atoms with Crippen molar-refractivity contribution in [2.24, 2.45) is 0 Å². The van der Waals surface area contributed by atoms with Gasteiger partial charge in [0, 0.05) is 5.56 Å². The Morgan fingerprint density at radius 3 is 2.00 bits per heavy atom. The summed E-state index contributed by atoms with van der Waals surface area (Å²) in [5.41, 5.74) is 0.296. The Morgan fingerprint density at radius 1 is 1.17 bits per heavy atom. The fraction of sp³-hybridized carbons (Fsp3) is 0.143. The minimum Gasteiger partial charge on any atom is -0.364 e. The molecule has 0 saturated carbocycles. The van der Waals surface area contributed by atoms with E-state index in [2.05, 4.69) is 0 Å². The maximum absolute atomic E-state index is 10.5. The predicted octanol–water partition coefficient (Wildman–Crippen LogP) is 0.250. The van der Waals surface area contributed by atoms with Crippen LogP contribution < -0.4 is 0 Å². The average Bonchev–Trinajstić information content (AvgIpc) is 2.04. The first-order chi connectivity index (χ1) is 5.61. The molecular formula is C7H8O4S. The molecule has 1 aromatic carbocycles. The topological polar surface area (TPSA) is 77.8 Å². The van der Waals surface area contributed by atoms with Gasteiger partial charge in [-0.25, -0.2) is 4.21 Å².